The van der Waals surface area contributed by atoms with Crippen LogP contribution in [0.4, 0.5) is 13.2 Å². The molecule has 0 aliphatic heterocycles. The minimum atomic E-state index is -4.67. The van der Waals surface area contributed by atoms with Gasteiger partial charge in [0.05, 0.1) is 0 Å². The van der Waals surface area contributed by atoms with E-state index in [1.54, 1.807) is 0 Å². The number of nitrogens with zero attached hydrogens (tertiary/aromatic N) is 3. The van der Waals surface area contributed by atoms with Crippen LogP contribution >= 0.6 is 0 Å². The Morgan fingerprint density at radius 2 is 1.95 bits per heavy atom. The zero-order chi connectivity index (χ0) is 14.3. The number of aromatic nitrogens is 4. The second-order valence-electron chi connectivity index (χ2n) is 3.43. The Labute approximate surface area is 104 Å². The number of nitrogens with two attached hydrogens (primary N) is 1. The van der Waals surface area contributed by atoms with Gasteiger partial charge in [0.1, 0.15) is 10.6 Å². The molecule has 2 rings (SSSR count). The standard InChI is InChI=1S/C8H6F3N5O2S/c9-8(10,11)7-14-6(15-16-7)5-2-1-4(3-13-5)19(12,17)18/h1-3H,(H2,12,17,18)(H,14,15,16). The van der Waals surface area contributed by atoms with E-state index >= 15 is 0 Å². The first-order valence-corrected chi connectivity index (χ1v) is 6.21. The highest BCUT2D eigenvalue weighted by Gasteiger charge is 2.36. The molecule has 11 heteroatoms. The van der Waals surface area contributed by atoms with E-state index in [4.69, 9.17) is 5.14 Å². The molecule has 0 aliphatic carbocycles. The molecule has 19 heavy (non-hydrogen) atoms. The average Bonchev–Trinajstić information content (AvgIpc) is 2.77. The van der Waals surface area contributed by atoms with Crippen LogP contribution in [0.15, 0.2) is 23.2 Å². The summed E-state index contributed by atoms with van der Waals surface area (Å²) in [6, 6.07) is 2.27. The van der Waals surface area contributed by atoms with Crippen molar-refractivity contribution in [2.24, 2.45) is 5.14 Å². The zero-order valence-electron chi connectivity index (χ0n) is 9.01. The first-order chi connectivity index (χ1) is 8.68. The normalized spacial score (nSPS) is 12.6. The van der Waals surface area contributed by atoms with Crippen LogP contribution in [0.1, 0.15) is 5.82 Å². The Hall–Kier alpha value is -2.01. The molecule has 0 aromatic carbocycles. The van der Waals surface area contributed by atoms with Crippen LogP contribution in [-0.4, -0.2) is 28.6 Å². The molecule has 3 N–H and O–H groups in total. The highest BCUT2D eigenvalue weighted by atomic mass is 32.2. The van der Waals surface area contributed by atoms with Gasteiger partial charge in [0, 0.05) is 6.20 Å². The van der Waals surface area contributed by atoms with Gasteiger partial charge in [-0.15, -0.1) is 5.10 Å². The van der Waals surface area contributed by atoms with Crippen LogP contribution in [0.5, 0.6) is 0 Å². The van der Waals surface area contributed by atoms with Gasteiger partial charge in [-0.2, -0.15) is 13.2 Å². The maximum Gasteiger partial charge on any atom is 0.453 e. The van der Waals surface area contributed by atoms with Crippen molar-refractivity contribution in [3.8, 4) is 11.5 Å². The summed E-state index contributed by atoms with van der Waals surface area (Å²) in [7, 11) is -3.91. The van der Waals surface area contributed by atoms with Gasteiger partial charge >= 0.3 is 6.18 Å². The number of pyridine rings is 1. The van der Waals surface area contributed by atoms with Gasteiger partial charge in [0.2, 0.25) is 10.0 Å². The zero-order valence-corrected chi connectivity index (χ0v) is 9.83. The molecule has 0 aliphatic rings. The van der Waals surface area contributed by atoms with Gasteiger partial charge in [-0.1, -0.05) is 0 Å². The summed E-state index contributed by atoms with van der Waals surface area (Å²) < 4.78 is 58.8. The maximum absolute atomic E-state index is 12.3. The molecule has 0 unspecified atom stereocenters. The van der Waals surface area contributed by atoms with E-state index < -0.39 is 22.0 Å². The van der Waals surface area contributed by atoms with Crippen molar-refractivity contribution in [2.45, 2.75) is 11.1 Å². The van der Waals surface area contributed by atoms with E-state index in [0.717, 1.165) is 12.3 Å². The number of nitrogens with one attached hydrogen (secondary N) is 1. The molecule has 0 amide bonds. The van der Waals surface area contributed by atoms with E-state index in [9.17, 15) is 21.6 Å². The van der Waals surface area contributed by atoms with Gasteiger partial charge in [0.15, 0.2) is 5.82 Å². The van der Waals surface area contributed by atoms with Gasteiger partial charge in [-0.25, -0.2) is 18.5 Å². The van der Waals surface area contributed by atoms with Gasteiger partial charge in [-0.3, -0.25) is 10.1 Å². The number of alkyl halides is 3. The fourth-order valence-electron chi connectivity index (χ4n) is 1.19. The van der Waals surface area contributed by atoms with Gasteiger partial charge < -0.3 is 0 Å². The van der Waals surface area contributed by atoms with Crippen LogP contribution in [0.3, 0.4) is 0 Å². The molecule has 0 saturated carbocycles. The van der Waals surface area contributed by atoms with Crippen LogP contribution in [0.2, 0.25) is 0 Å². The third-order valence-corrected chi connectivity index (χ3v) is 2.95. The SMILES string of the molecule is NS(=O)(=O)c1ccc(-c2nc(C(F)(F)F)n[nH]2)nc1. The molecule has 2 aromatic rings. The van der Waals surface area contributed by atoms with E-state index in [0.29, 0.717) is 0 Å². The second-order valence-corrected chi connectivity index (χ2v) is 4.99. The van der Waals surface area contributed by atoms with E-state index in [1.807, 2.05) is 0 Å². The molecular weight excluding hydrogens is 287 g/mol. The van der Waals surface area contributed by atoms with E-state index in [-0.39, 0.29) is 16.4 Å². The van der Waals surface area contributed by atoms with Crippen LogP contribution in [0.25, 0.3) is 11.5 Å². The first kappa shape index (κ1) is 13.4. The second kappa shape index (κ2) is 4.28. The van der Waals surface area contributed by atoms with Crippen molar-refractivity contribution in [3.63, 3.8) is 0 Å². The van der Waals surface area contributed by atoms with Crippen LogP contribution in [0, 0.1) is 0 Å². The largest absolute Gasteiger partial charge is 0.453 e. The van der Waals surface area contributed by atoms with Crippen molar-refractivity contribution >= 4 is 10.0 Å². The number of rotatable bonds is 2. The number of aromatic amines is 1. The Kier molecular flexibility index (Phi) is 3.02. The van der Waals surface area contributed by atoms with Crippen molar-refractivity contribution in [1.29, 1.82) is 0 Å². The predicted octanol–water partition coefficient (Wildman–Crippen LogP) is 0.533. The number of hydrogen-bond donors (Lipinski definition) is 2. The average molecular weight is 293 g/mol. The molecule has 2 aromatic heterocycles. The Bertz CT molecular complexity index is 692. The molecule has 2 heterocycles. The third kappa shape index (κ3) is 2.88. The lowest BCUT2D eigenvalue weighted by atomic mass is 10.3. The van der Waals surface area contributed by atoms with E-state index in [1.165, 1.54) is 6.07 Å². The number of hydrogen-bond acceptors (Lipinski definition) is 5. The first-order valence-electron chi connectivity index (χ1n) is 4.67. The molecule has 0 saturated heterocycles. The molecule has 0 spiro atoms. The van der Waals surface area contributed by atoms with Crippen molar-refractivity contribution in [1.82, 2.24) is 20.2 Å². The summed E-state index contributed by atoms with van der Waals surface area (Å²) in [5.41, 5.74) is 0.00963. The number of primary sulfonamides is 1. The molecule has 102 valence electrons. The Morgan fingerprint density at radius 1 is 1.26 bits per heavy atom. The summed E-state index contributed by atoms with van der Waals surface area (Å²) in [6.45, 7) is 0. The van der Waals surface area contributed by atoms with Crippen molar-refractivity contribution in [3.05, 3.63) is 24.2 Å². The summed E-state index contributed by atoms with van der Waals surface area (Å²) in [5, 5.41) is 9.91. The molecule has 7 nitrogen and oxygen atoms in total. The molecular formula is C8H6F3N5O2S. The fraction of sp³-hybridized carbons (Fsp3) is 0.125. The minimum Gasteiger partial charge on any atom is -0.257 e. The molecule has 0 fully saturated rings. The minimum absolute atomic E-state index is 0.00963. The molecule has 0 bridgehead atoms. The Morgan fingerprint density at radius 3 is 2.37 bits per heavy atom. The number of halogens is 3. The molecule has 0 radical (unpaired) electrons. The third-order valence-electron chi connectivity index (χ3n) is 2.05. The number of sulfonamides is 1. The summed E-state index contributed by atoms with van der Waals surface area (Å²) >= 11 is 0. The lowest BCUT2D eigenvalue weighted by Gasteiger charge is -1.99. The Balaban J connectivity index is 2.36. The van der Waals surface area contributed by atoms with Crippen LogP contribution < -0.4 is 5.14 Å². The number of H-pyrrole nitrogens is 1. The van der Waals surface area contributed by atoms with Crippen molar-refractivity contribution in [2.75, 3.05) is 0 Å². The summed E-state index contributed by atoms with van der Waals surface area (Å²) in [5.74, 6) is -1.56. The van der Waals surface area contributed by atoms with Gasteiger partial charge in [0.25, 0.3) is 5.82 Å². The highest BCUT2D eigenvalue weighted by Crippen LogP contribution is 2.27. The quantitative estimate of drug-likeness (QED) is 0.838. The lowest BCUT2D eigenvalue weighted by Crippen LogP contribution is -2.12. The maximum atomic E-state index is 12.3. The summed E-state index contributed by atoms with van der Waals surface area (Å²) in [6.07, 6.45) is -3.75. The van der Waals surface area contributed by atoms with Gasteiger partial charge in [-0.05, 0) is 12.1 Å². The summed E-state index contributed by atoms with van der Waals surface area (Å²) in [4.78, 5) is 6.60. The lowest BCUT2D eigenvalue weighted by molar-refractivity contribution is -0.144. The predicted molar refractivity (Wildman–Crippen MR) is 56.0 cm³/mol. The topological polar surface area (TPSA) is 115 Å². The van der Waals surface area contributed by atoms with E-state index in [2.05, 4.69) is 20.2 Å². The fourth-order valence-corrected chi connectivity index (χ4v) is 1.65. The molecule has 0 atom stereocenters. The monoisotopic (exact) mass is 293 g/mol. The van der Waals surface area contributed by atoms with Crippen molar-refractivity contribution < 1.29 is 21.6 Å². The van der Waals surface area contributed by atoms with Crippen LogP contribution in [-0.2, 0) is 16.2 Å². The highest BCUT2D eigenvalue weighted by molar-refractivity contribution is 7.89. The smallest absolute Gasteiger partial charge is 0.257 e.